The minimum atomic E-state index is -0.481. The number of piperazine rings is 1. The van der Waals surface area contributed by atoms with Crippen molar-refractivity contribution in [3.63, 3.8) is 0 Å². The second-order valence-electron chi connectivity index (χ2n) is 4.89. The molecule has 1 aliphatic heterocycles. The van der Waals surface area contributed by atoms with E-state index in [0.717, 1.165) is 19.6 Å². The smallest absolute Gasteiger partial charge is 0.245 e. The number of anilines is 1. The molecule has 106 valence electrons. The number of nitrogens with one attached hydrogen (secondary N) is 2. The highest BCUT2D eigenvalue weighted by atomic mass is 35.5. The summed E-state index contributed by atoms with van der Waals surface area (Å²) in [4.78, 5) is 6.45. The number of rotatable bonds is 2. The lowest BCUT2D eigenvalue weighted by atomic mass is 10.2. The van der Waals surface area contributed by atoms with Gasteiger partial charge in [-0.25, -0.2) is 4.39 Å². The van der Waals surface area contributed by atoms with Crippen molar-refractivity contribution in [2.45, 2.75) is 13.0 Å². The molecular weight excluding hydrogens is 281 g/mol. The topological polar surface area (TPSA) is 56.8 Å². The van der Waals surface area contributed by atoms with E-state index in [9.17, 15) is 4.39 Å². The predicted octanol–water partition coefficient (Wildman–Crippen LogP) is 2.06. The van der Waals surface area contributed by atoms with Crippen LogP contribution in [0.1, 0.15) is 6.92 Å². The van der Waals surface area contributed by atoms with Gasteiger partial charge < -0.3 is 10.2 Å². The molecule has 0 amide bonds. The van der Waals surface area contributed by atoms with Gasteiger partial charge in [-0.05, 0) is 19.1 Å². The third kappa shape index (κ3) is 2.48. The first kappa shape index (κ1) is 13.3. The van der Waals surface area contributed by atoms with E-state index < -0.39 is 5.82 Å². The highest BCUT2D eigenvalue weighted by molar-refractivity contribution is 6.31. The van der Waals surface area contributed by atoms with E-state index >= 15 is 0 Å². The van der Waals surface area contributed by atoms with Gasteiger partial charge in [-0.2, -0.15) is 4.98 Å². The van der Waals surface area contributed by atoms with Crippen molar-refractivity contribution in [2.75, 3.05) is 24.5 Å². The van der Waals surface area contributed by atoms with Crippen molar-refractivity contribution in [2.24, 2.45) is 0 Å². The molecule has 1 fully saturated rings. The second kappa shape index (κ2) is 5.38. The van der Waals surface area contributed by atoms with E-state index in [4.69, 9.17) is 11.6 Å². The van der Waals surface area contributed by atoms with Gasteiger partial charge in [0.05, 0.1) is 10.6 Å². The molecule has 0 saturated carbocycles. The summed E-state index contributed by atoms with van der Waals surface area (Å²) in [6.07, 6.45) is 0. The molecule has 1 saturated heterocycles. The Balaban J connectivity index is 1.88. The van der Waals surface area contributed by atoms with Crippen LogP contribution in [-0.4, -0.2) is 40.9 Å². The van der Waals surface area contributed by atoms with Crippen LogP contribution in [-0.2, 0) is 0 Å². The molecule has 1 aromatic carbocycles. The van der Waals surface area contributed by atoms with Crippen LogP contribution in [0.5, 0.6) is 0 Å². The number of H-pyrrole nitrogens is 1. The summed E-state index contributed by atoms with van der Waals surface area (Å²) in [7, 11) is 0. The average Bonchev–Trinajstić information content (AvgIpc) is 2.91. The number of aromatic nitrogens is 3. The van der Waals surface area contributed by atoms with Crippen molar-refractivity contribution >= 4 is 17.5 Å². The highest BCUT2D eigenvalue weighted by Crippen LogP contribution is 2.26. The first-order valence-electron chi connectivity index (χ1n) is 6.50. The lowest BCUT2D eigenvalue weighted by molar-refractivity contribution is 0.480. The maximum atomic E-state index is 14.0. The third-order valence-corrected chi connectivity index (χ3v) is 3.62. The molecular formula is C13H15ClFN5. The Morgan fingerprint density at radius 2 is 2.30 bits per heavy atom. The quantitative estimate of drug-likeness (QED) is 0.890. The Morgan fingerprint density at radius 1 is 1.45 bits per heavy atom. The van der Waals surface area contributed by atoms with E-state index in [2.05, 4.69) is 32.3 Å². The minimum Gasteiger partial charge on any atom is -0.337 e. The normalized spacial score (nSPS) is 19.4. The first-order valence-corrected chi connectivity index (χ1v) is 6.88. The molecule has 1 aliphatic rings. The highest BCUT2D eigenvalue weighted by Gasteiger charge is 2.20. The summed E-state index contributed by atoms with van der Waals surface area (Å²) in [5.74, 6) is 0.504. The first-order chi connectivity index (χ1) is 9.65. The maximum Gasteiger partial charge on any atom is 0.245 e. The molecule has 1 atom stereocenters. The van der Waals surface area contributed by atoms with Crippen LogP contribution < -0.4 is 10.2 Å². The van der Waals surface area contributed by atoms with Crippen LogP contribution in [0, 0.1) is 5.82 Å². The van der Waals surface area contributed by atoms with E-state index in [0.29, 0.717) is 23.4 Å². The van der Waals surface area contributed by atoms with Crippen molar-refractivity contribution in [3.8, 4) is 11.4 Å². The van der Waals surface area contributed by atoms with Gasteiger partial charge in [0.15, 0.2) is 11.6 Å². The van der Waals surface area contributed by atoms with Crippen molar-refractivity contribution in [1.29, 1.82) is 0 Å². The molecule has 0 aliphatic carbocycles. The zero-order chi connectivity index (χ0) is 14.1. The van der Waals surface area contributed by atoms with Gasteiger partial charge in [-0.1, -0.05) is 17.7 Å². The SMILES string of the molecule is CC1CN(c2n[nH]c(-c3cccc(Cl)c3F)n2)CCN1. The summed E-state index contributed by atoms with van der Waals surface area (Å²) >= 11 is 5.78. The molecule has 1 aromatic heterocycles. The number of aromatic amines is 1. The number of hydrogen-bond acceptors (Lipinski definition) is 4. The third-order valence-electron chi connectivity index (χ3n) is 3.33. The van der Waals surface area contributed by atoms with Crippen LogP contribution in [0.4, 0.5) is 10.3 Å². The number of hydrogen-bond donors (Lipinski definition) is 2. The molecule has 20 heavy (non-hydrogen) atoms. The second-order valence-corrected chi connectivity index (χ2v) is 5.29. The summed E-state index contributed by atoms with van der Waals surface area (Å²) in [6, 6.07) is 5.21. The molecule has 2 heterocycles. The molecule has 0 bridgehead atoms. The molecule has 7 heteroatoms. The monoisotopic (exact) mass is 295 g/mol. The number of nitrogens with zero attached hydrogens (tertiary/aromatic N) is 3. The molecule has 3 rings (SSSR count). The Hall–Kier alpha value is -1.66. The predicted molar refractivity (Wildman–Crippen MR) is 76.5 cm³/mol. The van der Waals surface area contributed by atoms with E-state index in [1.807, 2.05) is 0 Å². The van der Waals surface area contributed by atoms with E-state index in [-0.39, 0.29) is 5.02 Å². The van der Waals surface area contributed by atoms with Crippen molar-refractivity contribution in [1.82, 2.24) is 20.5 Å². The zero-order valence-corrected chi connectivity index (χ0v) is 11.8. The van der Waals surface area contributed by atoms with Crippen LogP contribution in [0.3, 0.4) is 0 Å². The summed E-state index contributed by atoms with van der Waals surface area (Å²) in [5, 5.41) is 10.4. The molecule has 0 spiro atoms. The van der Waals surface area contributed by atoms with Crippen molar-refractivity contribution in [3.05, 3.63) is 29.0 Å². The molecule has 1 unspecified atom stereocenters. The minimum absolute atomic E-state index is 0.0799. The number of halogens is 2. The van der Waals surface area contributed by atoms with Gasteiger partial charge >= 0.3 is 0 Å². The van der Waals surface area contributed by atoms with Gasteiger partial charge in [0.1, 0.15) is 0 Å². The maximum absolute atomic E-state index is 14.0. The van der Waals surface area contributed by atoms with Gasteiger partial charge in [0, 0.05) is 25.7 Å². The van der Waals surface area contributed by atoms with Gasteiger partial charge in [0.25, 0.3) is 0 Å². The standard InChI is InChI=1S/C13H15ClFN5/c1-8-7-20(6-5-16-8)13-17-12(18-19-13)9-3-2-4-10(14)11(9)15/h2-4,8,16H,5-7H2,1H3,(H,17,18,19). The summed E-state index contributed by atoms with van der Waals surface area (Å²) < 4.78 is 14.0. The lowest BCUT2D eigenvalue weighted by Crippen LogP contribution is -2.49. The molecule has 2 N–H and O–H groups in total. The van der Waals surface area contributed by atoms with Crippen LogP contribution in [0.25, 0.3) is 11.4 Å². The molecule has 2 aromatic rings. The fraction of sp³-hybridized carbons (Fsp3) is 0.385. The van der Waals surface area contributed by atoms with E-state index in [1.54, 1.807) is 12.1 Å². The Labute approximate surface area is 121 Å². The van der Waals surface area contributed by atoms with Crippen LogP contribution >= 0.6 is 11.6 Å². The molecule has 5 nitrogen and oxygen atoms in total. The van der Waals surface area contributed by atoms with Gasteiger partial charge in [-0.15, -0.1) is 5.10 Å². The Morgan fingerprint density at radius 3 is 3.10 bits per heavy atom. The van der Waals surface area contributed by atoms with Crippen molar-refractivity contribution < 1.29 is 4.39 Å². The van der Waals surface area contributed by atoms with Gasteiger partial charge in [-0.3, -0.25) is 5.10 Å². The van der Waals surface area contributed by atoms with Crippen LogP contribution in [0.2, 0.25) is 5.02 Å². The molecule has 0 radical (unpaired) electrons. The van der Waals surface area contributed by atoms with E-state index in [1.165, 1.54) is 6.07 Å². The number of benzene rings is 1. The summed E-state index contributed by atoms with van der Waals surface area (Å²) in [6.45, 7) is 4.65. The Kier molecular flexibility index (Phi) is 3.58. The van der Waals surface area contributed by atoms with Gasteiger partial charge in [0.2, 0.25) is 5.95 Å². The Bertz CT molecular complexity index is 615. The largest absolute Gasteiger partial charge is 0.337 e. The lowest BCUT2D eigenvalue weighted by Gasteiger charge is -2.30. The fourth-order valence-corrected chi connectivity index (χ4v) is 2.49. The van der Waals surface area contributed by atoms with Crippen LogP contribution in [0.15, 0.2) is 18.2 Å². The average molecular weight is 296 g/mol. The summed E-state index contributed by atoms with van der Waals surface area (Å²) in [5.41, 5.74) is 0.333. The fourth-order valence-electron chi connectivity index (χ4n) is 2.32. The zero-order valence-electron chi connectivity index (χ0n) is 11.0.